The van der Waals surface area contributed by atoms with Crippen molar-refractivity contribution in [3.63, 3.8) is 0 Å². The van der Waals surface area contributed by atoms with E-state index in [-0.39, 0.29) is 23.5 Å². The number of ether oxygens (including phenoxy) is 7. The summed E-state index contributed by atoms with van der Waals surface area (Å²) in [5.74, 6) is -2.61. The predicted molar refractivity (Wildman–Crippen MR) is 156 cm³/mol. The van der Waals surface area contributed by atoms with E-state index in [9.17, 15) is 19.2 Å². The Kier molecular flexibility index (Phi) is 13.5. The van der Waals surface area contributed by atoms with Crippen LogP contribution in [0.5, 0.6) is 0 Å². The first kappa shape index (κ1) is 36.2. The van der Waals surface area contributed by atoms with Crippen LogP contribution in [0, 0.1) is 0 Å². The molecule has 2 aliphatic heterocycles. The Balaban J connectivity index is 2.46. The van der Waals surface area contributed by atoms with Crippen LogP contribution in [0.25, 0.3) is 0 Å². The molecule has 0 unspecified atom stereocenters. The Hall–Kier alpha value is -1.97. The molecular formula is C28H46O12SSi. The highest BCUT2D eigenvalue weighted by molar-refractivity contribution is 8.00. The molecule has 240 valence electrons. The predicted octanol–water partition coefficient (Wildman–Crippen LogP) is 3.51. The number of carbonyl (C=O) groups excluding carboxylic acids is 4. The van der Waals surface area contributed by atoms with Crippen LogP contribution >= 0.6 is 11.8 Å². The summed E-state index contributed by atoms with van der Waals surface area (Å²) < 4.78 is 46.6. The van der Waals surface area contributed by atoms with Gasteiger partial charge in [0.25, 0.3) is 0 Å². The molecule has 0 aromatic carbocycles. The van der Waals surface area contributed by atoms with Crippen LogP contribution in [-0.4, -0.2) is 99.5 Å². The maximum absolute atomic E-state index is 12.2. The molecule has 42 heavy (non-hydrogen) atoms. The molecule has 12 nitrogen and oxygen atoms in total. The quantitative estimate of drug-likeness (QED) is 0.134. The van der Waals surface area contributed by atoms with Gasteiger partial charge in [-0.15, -0.1) is 11.8 Å². The van der Waals surface area contributed by atoms with E-state index in [0.717, 1.165) is 0 Å². The minimum atomic E-state index is -2.14. The largest absolute Gasteiger partial charge is 0.463 e. The molecule has 0 aliphatic carbocycles. The van der Waals surface area contributed by atoms with E-state index in [1.54, 1.807) is 6.08 Å². The molecule has 0 aromatic heterocycles. The van der Waals surface area contributed by atoms with Gasteiger partial charge in [0.1, 0.15) is 18.1 Å². The molecule has 8 atom stereocenters. The topological polar surface area (TPSA) is 142 Å². The van der Waals surface area contributed by atoms with Crippen LogP contribution in [0.1, 0.15) is 55.4 Å². The molecule has 0 radical (unpaired) electrons. The van der Waals surface area contributed by atoms with E-state index in [0.29, 0.717) is 6.61 Å². The molecule has 1 fully saturated rings. The molecule has 0 bridgehead atoms. The van der Waals surface area contributed by atoms with Crippen LogP contribution in [0.2, 0.25) is 18.1 Å². The van der Waals surface area contributed by atoms with E-state index >= 15 is 0 Å². The second kappa shape index (κ2) is 15.7. The van der Waals surface area contributed by atoms with Crippen LogP contribution < -0.4 is 0 Å². The first-order chi connectivity index (χ1) is 19.4. The Bertz CT molecular complexity index is 980. The van der Waals surface area contributed by atoms with Gasteiger partial charge in [0.15, 0.2) is 32.9 Å². The third kappa shape index (κ3) is 10.6. The zero-order chi connectivity index (χ0) is 31.8. The molecule has 0 amide bonds. The molecule has 14 heteroatoms. The molecule has 0 spiro atoms. The SMILES string of the molecule is CCO[C@@H]1C=C[C@H](S[C@@H]2O[C@H](COC(C)=O)[C@@H](OC(C)=O)[C@H](OC(C)=O)[C@H]2OC(C)=O)[C@@H](CO[Si](C)(C)C(C)(C)C)O1. The zero-order valence-corrected chi connectivity index (χ0v) is 28.0. The van der Waals surface area contributed by atoms with Gasteiger partial charge < -0.3 is 37.6 Å². The van der Waals surface area contributed by atoms with Crippen LogP contribution in [0.4, 0.5) is 0 Å². The highest BCUT2D eigenvalue weighted by atomic mass is 32.2. The van der Waals surface area contributed by atoms with Gasteiger partial charge in [0.2, 0.25) is 0 Å². The van der Waals surface area contributed by atoms with Crippen molar-refractivity contribution in [3.05, 3.63) is 12.2 Å². The van der Waals surface area contributed by atoms with Gasteiger partial charge in [-0.1, -0.05) is 26.8 Å². The van der Waals surface area contributed by atoms with Crippen molar-refractivity contribution < 1.29 is 56.8 Å². The van der Waals surface area contributed by atoms with E-state index < -0.39 is 74.4 Å². The second-order valence-electron chi connectivity index (χ2n) is 11.6. The van der Waals surface area contributed by atoms with Gasteiger partial charge in [0.05, 0.1) is 18.0 Å². The molecule has 2 heterocycles. The molecular weight excluding hydrogens is 588 g/mol. The van der Waals surface area contributed by atoms with Crippen LogP contribution in [0.3, 0.4) is 0 Å². The number of rotatable bonds is 12. The molecule has 0 aromatic rings. The van der Waals surface area contributed by atoms with Crippen molar-refractivity contribution in [2.45, 2.75) is 121 Å². The molecule has 1 saturated heterocycles. The molecule has 0 saturated carbocycles. The fourth-order valence-electron chi connectivity index (χ4n) is 4.11. The second-order valence-corrected chi connectivity index (χ2v) is 17.7. The lowest BCUT2D eigenvalue weighted by atomic mass is 9.99. The Morgan fingerprint density at radius 1 is 0.786 bits per heavy atom. The van der Waals surface area contributed by atoms with E-state index in [4.69, 9.17) is 37.6 Å². The maximum Gasteiger partial charge on any atom is 0.303 e. The summed E-state index contributed by atoms with van der Waals surface area (Å²) in [6, 6.07) is 0. The summed E-state index contributed by atoms with van der Waals surface area (Å²) in [4.78, 5) is 48.0. The highest BCUT2D eigenvalue weighted by Crippen LogP contribution is 2.40. The fraction of sp³-hybridized carbons (Fsp3) is 0.786. The summed E-state index contributed by atoms with van der Waals surface area (Å²) in [6.07, 6.45) is -2.00. The molecule has 2 rings (SSSR count). The lowest BCUT2D eigenvalue weighted by molar-refractivity contribution is -0.237. The van der Waals surface area contributed by atoms with Crippen molar-refractivity contribution in [2.24, 2.45) is 0 Å². The summed E-state index contributed by atoms with van der Waals surface area (Å²) in [7, 11) is -2.14. The van der Waals surface area contributed by atoms with Gasteiger partial charge in [0, 0.05) is 34.3 Å². The average molecular weight is 635 g/mol. The highest BCUT2D eigenvalue weighted by Gasteiger charge is 2.53. The van der Waals surface area contributed by atoms with Gasteiger partial charge in [-0.3, -0.25) is 19.2 Å². The lowest BCUT2D eigenvalue weighted by Crippen LogP contribution is -2.62. The van der Waals surface area contributed by atoms with Crippen LogP contribution in [0.15, 0.2) is 12.2 Å². The minimum absolute atomic E-state index is 0.0285. The number of esters is 4. The average Bonchev–Trinajstić information content (AvgIpc) is 2.85. The standard InChI is InChI=1S/C28H46O12SSi/c1-11-33-23-13-12-22(20(39-23)15-35-42(9,10)28(6,7)8)41-27-26(38-19(5)32)25(37-18(4)31)24(36-17(3)30)21(40-27)14-34-16(2)29/h12-13,20-27H,11,14-15H2,1-10H3/t20-,21-,22+,23+,24-,25+,26-,27+/m1/s1. The Labute approximate surface area is 253 Å². The van der Waals surface area contributed by atoms with E-state index in [1.165, 1.54) is 39.5 Å². The van der Waals surface area contributed by atoms with Gasteiger partial charge >= 0.3 is 23.9 Å². The monoisotopic (exact) mass is 634 g/mol. The van der Waals surface area contributed by atoms with E-state index in [2.05, 4.69) is 33.9 Å². The van der Waals surface area contributed by atoms with Gasteiger partial charge in [-0.2, -0.15) is 0 Å². The summed E-state index contributed by atoms with van der Waals surface area (Å²) >= 11 is 1.26. The van der Waals surface area contributed by atoms with Gasteiger partial charge in [-0.25, -0.2) is 0 Å². The summed E-state index contributed by atoms with van der Waals surface area (Å²) in [5.41, 5.74) is -0.942. The summed E-state index contributed by atoms with van der Waals surface area (Å²) in [6.45, 7) is 17.8. The number of carbonyl (C=O) groups is 4. The van der Waals surface area contributed by atoms with E-state index in [1.807, 2.05) is 13.0 Å². The van der Waals surface area contributed by atoms with Crippen molar-refractivity contribution in [2.75, 3.05) is 19.8 Å². The number of thioether (sulfide) groups is 1. The maximum atomic E-state index is 12.2. The first-order valence-corrected chi connectivity index (χ1v) is 17.9. The molecule has 2 aliphatic rings. The van der Waals surface area contributed by atoms with Crippen molar-refractivity contribution in [1.29, 1.82) is 0 Å². The normalized spacial score (nSPS) is 29.9. The fourth-order valence-corrected chi connectivity index (χ4v) is 6.50. The third-order valence-corrected chi connectivity index (χ3v) is 13.0. The molecule has 0 N–H and O–H groups in total. The smallest absolute Gasteiger partial charge is 0.303 e. The van der Waals surface area contributed by atoms with Gasteiger partial charge in [-0.05, 0) is 31.1 Å². The third-order valence-electron chi connectivity index (χ3n) is 7.12. The Morgan fingerprint density at radius 3 is 1.88 bits per heavy atom. The number of hydrogen-bond acceptors (Lipinski definition) is 13. The number of hydrogen-bond donors (Lipinski definition) is 0. The summed E-state index contributed by atoms with van der Waals surface area (Å²) in [5, 5.41) is -0.397. The van der Waals surface area contributed by atoms with Crippen molar-refractivity contribution in [1.82, 2.24) is 0 Å². The zero-order valence-electron chi connectivity index (χ0n) is 26.2. The Morgan fingerprint density at radius 2 is 1.36 bits per heavy atom. The van der Waals surface area contributed by atoms with Crippen LogP contribution in [-0.2, 0) is 56.8 Å². The lowest BCUT2D eigenvalue weighted by Gasteiger charge is -2.45. The first-order valence-electron chi connectivity index (χ1n) is 14.0. The van der Waals surface area contributed by atoms with Crippen molar-refractivity contribution >= 4 is 44.0 Å². The minimum Gasteiger partial charge on any atom is -0.463 e. The van der Waals surface area contributed by atoms with Crippen molar-refractivity contribution in [3.8, 4) is 0 Å².